The van der Waals surface area contributed by atoms with Gasteiger partial charge >= 0.3 is 0 Å². The fourth-order valence-electron chi connectivity index (χ4n) is 3.71. The zero-order valence-corrected chi connectivity index (χ0v) is 15.4. The number of hydrogen-bond acceptors (Lipinski definition) is 5. The number of anilines is 1. The maximum absolute atomic E-state index is 13.2. The Balaban J connectivity index is 1.43. The highest BCUT2D eigenvalue weighted by atomic mass is 19.1. The Morgan fingerprint density at radius 1 is 1.29 bits per heavy atom. The first-order valence-corrected chi connectivity index (χ1v) is 9.34. The van der Waals surface area contributed by atoms with Gasteiger partial charge in [-0.05, 0) is 30.5 Å². The molecule has 0 spiro atoms. The normalized spacial score (nSPS) is 17.0. The lowest BCUT2D eigenvalue weighted by Gasteiger charge is -2.32. The van der Waals surface area contributed by atoms with Crippen LogP contribution < -0.4 is 5.73 Å². The highest BCUT2D eigenvalue weighted by molar-refractivity contribution is 5.76. The number of likely N-dealkylation sites (tertiary alicyclic amines) is 1. The topological polar surface area (TPSA) is 117 Å². The molecule has 0 aliphatic carbocycles. The van der Waals surface area contributed by atoms with Crippen molar-refractivity contribution in [3.8, 4) is 11.1 Å². The van der Waals surface area contributed by atoms with E-state index in [0.29, 0.717) is 25.2 Å². The third-order valence-electron chi connectivity index (χ3n) is 5.13. The summed E-state index contributed by atoms with van der Waals surface area (Å²) in [5.74, 6) is 0.792. The summed E-state index contributed by atoms with van der Waals surface area (Å²) in [5, 5.41) is 13.8. The van der Waals surface area contributed by atoms with Gasteiger partial charge in [0.25, 0.3) is 0 Å². The van der Waals surface area contributed by atoms with Gasteiger partial charge in [0, 0.05) is 43.1 Å². The van der Waals surface area contributed by atoms with Crippen molar-refractivity contribution in [2.75, 3.05) is 18.8 Å². The minimum Gasteiger partial charge on any atom is -0.367 e. The molecule has 1 atom stereocenters. The second-order valence-corrected chi connectivity index (χ2v) is 7.02. The number of halogens is 1. The first-order chi connectivity index (χ1) is 13.6. The molecule has 2 aromatic heterocycles. The van der Waals surface area contributed by atoms with Crippen LogP contribution in [-0.2, 0) is 11.2 Å². The van der Waals surface area contributed by atoms with Crippen molar-refractivity contribution in [3.63, 3.8) is 0 Å². The number of aromatic amines is 2. The van der Waals surface area contributed by atoms with E-state index in [2.05, 4.69) is 25.4 Å². The molecule has 28 heavy (non-hydrogen) atoms. The van der Waals surface area contributed by atoms with E-state index < -0.39 is 0 Å². The van der Waals surface area contributed by atoms with Crippen molar-refractivity contribution < 1.29 is 9.18 Å². The zero-order valence-electron chi connectivity index (χ0n) is 15.4. The number of aromatic nitrogens is 5. The van der Waals surface area contributed by atoms with E-state index in [9.17, 15) is 9.18 Å². The van der Waals surface area contributed by atoms with Crippen LogP contribution in [0.4, 0.5) is 10.3 Å². The van der Waals surface area contributed by atoms with E-state index in [-0.39, 0.29) is 23.6 Å². The Bertz CT molecular complexity index is 949. The molecule has 146 valence electrons. The highest BCUT2D eigenvalue weighted by Crippen LogP contribution is 2.33. The molecule has 1 amide bonds. The summed E-state index contributed by atoms with van der Waals surface area (Å²) in [6.07, 6.45) is 4.49. The minimum absolute atomic E-state index is 0.0857. The second-order valence-electron chi connectivity index (χ2n) is 7.02. The molecule has 3 heterocycles. The summed E-state index contributed by atoms with van der Waals surface area (Å²) >= 11 is 0. The van der Waals surface area contributed by atoms with Crippen molar-refractivity contribution in [1.82, 2.24) is 30.3 Å². The molecule has 1 fully saturated rings. The number of carbonyl (C=O) groups excluding carboxylic acids is 1. The summed E-state index contributed by atoms with van der Waals surface area (Å²) < 4.78 is 13.2. The van der Waals surface area contributed by atoms with Crippen LogP contribution in [0.5, 0.6) is 0 Å². The van der Waals surface area contributed by atoms with Crippen molar-refractivity contribution in [1.29, 1.82) is 0 Å². The minimum atomic E-state index is -0.267. The number of aryl methyl sites for hydroxylation is 1. The molecule has 4 N–H and O–H groups in total. The van der Waals surface area contributed by atoms with E-state index in [4.69, 9.17) is 5.73 Å². The first kappa shape index (κ1) is 18.1. The fourth-order valence-corrected chi connectivity index (χ4v) is 3.71. The van der Waals surface area contributed by atoms with E-state index in [1.54, 1.807) is 18.3 Å². The van der Waals surface area contributed by atoms with Crippen molar-refractivity contribution >= 4 is 11.9 Å². The Labute approximate surface area is 161 Å². The lowest BCUT2D eigenvalue weighted by atomic mass is 9.90. The molecule has 9 heteroatoms. The summed E-state index contributed by atoms with van der Waals surface area (Å²) in [4.78, 5) is 18.6. The van der Waals surface area contributed by atoms with E-state index in [1.165, 1.54) is 12.1 Å². The molecule has 0 saturated carbocycles. The number of H-pyrrole nitrogens is 2. The fraction of sp³-hybridized carbons (Fsp3) is 0.368. The van der Waals surface area contributed by atoms with Crippen LogP contribution >= 0.6 is 0 Å². The van der Waals surface area contributed by atoms with Crippen LogP contribution in [0.25, 0.3) is 11.1 Å². The average molecular weight is 383 g/mol. The number of carbonyl (C=O) groups is 1. The van der Waals surface area contributed by atoms with Gasteiger partial charge in [0.2, 0.25) is 11.9 Å². The predicted octanol–water partition coefficient (Wildman–Crippen LogP) is 2.25. The van der Waals surface area contributed by atoms with Crippen LogP contribution in [0.15, 0.2) is 30.5 Å². The molecule has 8 nitrogen and oxygen atoms in total. The quantitative estimate of drug-likeness (QED) is 0.625. The van der Waals surface area contributed by atoms with Crippen LogP contribution in [0.3, 0.4) is 0 Å². The number of nitrogens with two attached hydrogens (primary N) is 1. The number of nitrogens with one attached hydrogen (secondary N) is 2. The lowest BCUT2D eigenvalue weighted by molar-refractivity contribution is -0.132. The van der Waals surface area contributed by atoms with Gasteiger partial charge in [-0.15, -0.1) is 5.10 Å². The standard InChI is InChI=1S/C19H22FN7O/c20-14-5-3-12(4-6-14)15-10-22-25-18(15)13-2-1-9-27(11-13)17(28)8-7-16-23-19(21)26-24-16/h3-6,10,13H,1-2,7-9,11H2,(H,22,25)(H3,21,23,24,26). The molecule has 3 aromatic rings. The molecule has 0 bridgehead atoms. The Morgan fingerprint density at radius 2 is 2.11 bits per heavy atom. The van der Waals surface area contributed by atoms with Gasteiger partial charge in [-0.2, -0.15) is 10.1 Å². The molecule has 1 unspecified atom stereocenters. The smallest absolute Gasteiger partial charge is 0.239 e. The third kappa shape index (κ3) is 3.88. The molecule has 4 rings (SSSR count). The lowest BCUT2D eigenvalue weighted by Crippen LogP contribution is -2.39. The summed E-state index contributed by atoms with van der Waals surface area (Å²) in [6, 6.07) is 6.38. The molecule has 1 aliphatic heterocycles. The Morgan fingerprint density at radius 3 is 2.86 bits per heavy atom. The van der Waals surface area contributed by atoms with Crippen molar-refractivity contribution in [2.24, 2.45) is 0 Å². The van der Waals surface area contributed by atoms with Crippen LogP contribution in [0, 0.1) is 5.82 Å². The maximum Gasteiger partial charge on any atom is 0.239 e. The first-order valence-electron chi connectivity index (χ1n) is 9.34. The van der Waals surface area contributed by atoms with Gasteiger partial charge < -0.3 is 10.6 Å². The number of nitrogens with zero attached hydrogens (tertiary/aromatic N) is 4. The third-order valence-corrected chi connectivity index (χ3v) is 5.13. The summed E-state index contributed by atoms with van der Waals surface area (Å²) in [6.45, 7) is 1.38. The number of amides is 1. The maximum atomic E-state index is 13.2. The van der Waals surface area contributed by atoms with Crippen LogP contribution in [0.2, 0.25) is 0 Å². The predicted molar refractivity (Wildman–Crippen MR) is 102 cm³/mol. The van der Waals surface area contributed by atoms with Gasteiger partial charge in [0.05, 0.1) is 6.20 Å². The number of hydrogen-bond donors (Lipinski definition) is 3. The van der Waals surface area contributed by atoms with Gasteiger partial charge in [-0.1, -0.05) is 12.1 Å². The highest BCUT2D eigenvalue weighted by Gasteiger charge is 2.27. The summed E-state index contributed by atoms with van der Waals surface area (Å²) in [5.41, 5.74) is 8.35. The molecule has 1 aromatic carbocycles. The molecule has 1 saturated heterocycles. The number of nitrogen functional groups attached to an aromatic ring is 1. The number of benzene rings is 1. The number of piperidine rings is 1. The largest absolute Gasteiger partial charge is 0.367 e. The van der Waals surface area contributed by atoms with Gasteiger partial charge in [0.15, 0.2) is 0 Å². The molecular formula is C19H22FN7O. The van der Waals surface area contributed by atoms with Crippen LogP contribution in [0.1, 0.15) is 36.7 Å². The molecule has 1 aliphatic rings. The van der Waals surface area contributed by atoms with Gasteiger partial charge in [-0.25, -0.2) is 4.39 Å². The number of rotatable bonds is 5. The average Bonchev–Trinajstić information content (AvgIpc) is 3.36. The van der Waals surface area contributed by atoms with Gasteiger partial charge in [0.1, 0.15) is 11.6 Å². The van der Waals surface area contributed by atoms with Gasteiger partial charge in [-0.3, -0.25) is 15.0 Å². The zero-order chi connectivity index (χ0) is 19.5. The van der Waals surface area contributed by atoms with Crippen molar-refractivity contribution in [3.05, 3.63) is 47.8 Å². The SMILES string of the molecule is Nc1n[nH]c(CCC(=O)N2CCCC(c3[nH]ncc3-c3ccc(F)cc3)C2)n1. The monoisotopic (exact) mass is 383 g/mol. The van der Waals surface area contributed by atoms with E-state index >= 15 is 0 Å². The Hall–Kier alpha value is -3.23. The van der Waals surface area contributed by atoms with E-state index in [1.807, 2.05) is 4.90 Å². The Kier molecular flexibility index (Phi) is 5.05. The molecular weight excluding hydrogens is 361 g/mol. The van der Waals surface area contributed by atoms with E-state index in [0.717, 1.165) is 36.2 Å². The van der Waals surface area contributed by atoms with Crippen molar-refractivity contribution in [2.45, 2.75) is 31.6 Å². The summed E-state index contributed by atoms with van der Waals surface area (Å²) in [7, 11) is 0. The second kappa shape index (κ2) is 7.79. The molecule has 0 radical (unpaired) electrons. The van der Waals surface area contributed by atoms with Crippen LogP contribution in [-0.4, -0.2) is 49.3 Å².